The molecule has 0 aliphatic heterocycles. The Balaban J connectivity index is 0. The van der Waals surface area contributed by atoms with Crippen molar-refractivity contribution in [1.29, 1.82) is 0 Å². The molecule has 0 unspecified atom stereocenters. The molecule has 1 aliphatic rings. The van der Waals surface area contributed by atoms with Gasteiger partial charge in [-0.15, -0.1) is 0 Å². The number of halogens is 2. The zero-order valence-corrected chi connectivity index (χ0v) is 10.9. The number of hydrogen-bond donors (Lipinski definition) is 0. The molecule has 0 nitrogen and oxygen atoms in total. The molecule has 10 heavy (non-hydrogen) atoms. The minimum atomic E-state index is 0. The summed E-state index contributed by atoms with van der Waals surface area (Å²) in [4.78, 5) is 0. The maximum absolute atomic E-state index is 2.27. The number of rotatable bonds is 1. The number of allylic oxidation sites excluding steroid dienone is 4. The van der Waals surface area contributed by atoms with Gasteiger partial charge < -0.3 is 24.8 Å². The van der Waals surface area contributed by atoms with Gasteiger partial charge in [-0.25, -0.2) is 0 Å². The molecule has 0 radical (unpaired) electrons. The van der Waals surface area contributed by atoms with Gasteiger partial charge in [0.2, 0.25) is 0 Å². The van der Waals surface area contributed by atoms with Crippen LogP contribution in [-0.2, 0) is 24.4 Å². The van der Waals surface area contributed by atoms with Crippen LogP contribution in [0.15, 0.2) is 21.1 Å². The smallest absolute Gasteiger partial charge is 1.00 e. The molecule has 0 aromatic carbocycles. The van der Waals surface area contributed by atoms with E-state index in [1.54, 1.807) is 8.90 Å². The van der Waals surface area contributed by atoms with E-state index in [2.05, 4.69) is 19.1 Å². The molecule has 0 heterocycles. The van der Waals surface area contributed by atoms with Crippen molar-refractivity contribution in [3.05, 3.63) is 21.1 Å². The molecule has 3 heteroatoms. The van der Waals surface area contributed by atoms with Gasteiger partial charge in [0, 0.05) is 0 Å². The van der Waals surface area contributed by atoms with Crippen molar-refractivity contribution >= 4 is 0 Å². The summed E-state index contributed by atoms with van der Waals surface area (Å²) >= 11 is 1.26. The fraction of sp³-hybridized carbons (Fsp3) is 0.429. The molecule has 0 amide bonds. The van der Waals surface area contributed by atoms with Gasteiger partial charge in [0.05, 0.1) is 0 Å². The second-order valence-corrected chi connectivity index (χ2v) is 4.13. The summed E-state index contributed by atoms with van der Waals surface area (Å²) in [5.41, 5.74) is 1.59. The molecule has 0 saturated heterocycles. The van der Waals surface area contributed by atoms with Gasteiger partial charge in [-0.05, 0) is 0 Å². The third-order valence-electron chi connectivity index (χ3n) is 1.41. The standard InChI is InChI=1S/C7H9.2ClH.Hf/c1-2-7-5-3-4-6-7;;;/h3,5H,2,4H2,1H3;2*1H;/q;;;+2/p-2. The zero-order valence-electron chi connectivity index (χ0n) is 5.82. The zero-order chi connectivity index (χ0) is 5.98. The topological polar surface area (TPSA) is 0 Å². The van der Waals surface area contributed by atoms with E-state index in [4.69, 9.17) is 0 Å². The van der Waals surface area contributed by atoms with Crippen molar-refractivity contribution in [2.24, 2.45) is 0 Å². The fourth-order valence-corrected chi connectivity index (χ4v) is 2.24. The van der Waals surface area contributed by atoms with Gasteiger partial charge in [0.25, 0.3) is 0 Å². The summed E-state index contributed by atoms with van der Waals surface area (Å²) in [6, 6.07) is 0. The van der Waals surface area contributed by atoms with E-state index < -0.39 is 0 Å². The van der Waals surface area contributed by atoms with Crippen molar-refractivity contribution in [2.75, 3.05) is 0 Å². The maximum atomic E-state index is 2.27. The molecular weight excluding hydrogens is 333 g/mol. The normalized spacial score (nSPS) is 14.7. The summed E-state index contributed by atoms with van der Waals surface area (Å²) in [6.07, 6.45) is 7.01. The summed E-state index contributed by atoms with van der Waals surface area (Å²) in [7, 11) is 0. The second-order valence-electron chi connectivity index (χ2n) is 1.96. The van der Waals surface area contributed by atoms with Crippen LogP contribution >= 0.6 is 0 Å². The average Bonchev–Trinajstić information content (AvgIpc) is 2.14. The Morgan fingerprint density at radius 1 is 1.50 bits per heavy atom. The van der Waals surface area contributed by atoms with E-state index in [9.17, 15) is 0 Å². The van der Waals surface area contributed by atoms with Crippen LogP contribution in [-0.4, -0.2) is 0 Å². The Bertz CT molecular complexity index is 150. The van der Waals surface area contributed by atoms with Crippen molar-refractivity contribution in [1.82, 2.24) is 0 Å². The Labute approximate surface area is 89.5 Å². The minimum absolute atomic E-state index is 0. The Hall–Kier alpha value is 0.930. The summed E-state index contributed by atoms with van der Waals surface area (Å²) in [6.45, 7) is 2.23. The molecule has 0 atom stereocenters. The number of hydrogen-bond acceptors (Lipinski definition) is 0. The van der Waals surface area contributed by atoms with Gasteiger partial charge in [-0.3, -0.25) is 0 Å². The van der Waals surface area contributed by atoms with E-state index in [1.165, 1.54) is 37.2 Å². The third kappa shape index (κ3) is 3.36. The van der Waals surface area contributed by atoms with Gasteiger partial charge in [0.15, 0.2) is 0 Å². The minimum Gasteiger partial charge on any atom is -1.00 e. The SMILES string of the molecule is CCC1=[C]([Hf+2])CC=C1.[Cl-].[Cl-]. The fourth-order valence-electron chi connectivity index (χ4n) is 0.882. The molecule has 0 fully saturated rings. The van der Waals surface area contributed by atoms with E-state index >= 15 is 0 Å². The monoisotopic (exact) mass is 343 g/mol. The molecule has 55 valence electrons. The predicted molar refractivity (Wildman–Crippen MR) is 31.1 cm³/mol. The van der Waals surface area contributed by atoms with E-state index in [-0.39, 0.29) is 24.8 Å². The summed E-state index contributed by atoms with van der Waals surface area (Å²) < 4.78 is 1.69. The van der Waals surface area contributed by atoms with E-state index in [0.717, 1.165) is 0 Å². The van der Waals surface area contributed by atoms with Crippen molar-refractivity contribution in [2.45, 2.75) is 19.8 Å². The molecule has 1 rings (SSSR count). The quantitative estimate of drug-likeness (QED) is 0.429. The van der Waals surface area contributed by atoms with Crippen LogP contribution in [0.25, 0.3) is 0 Å². The summed E-state index contributed by atoms with van der Waals surface area (Å²) in [5.74, 6) is 0. The third-order valence-corrected chi connectivity index (χ3v) is 3.30. The Morgan fingerprint density at radius 2 is 2.10 bits per heavy atom. The second kappa shape index (κ2) is 6.63. The van der Waals surface area contributed by atoms with Crippen LogP contribution < -0.4 is 24.8 Å². The predicted octanol–water partition coefficient (Wildman–Crippen LogP) is -3.83. The molecule has 0 N–H and O–H groups in total. The van der Waals surface area contributed by atoms with Crippen LogP contribution in [0.5, 0.6) is 0 Å². The van der Waals surface area contributed by atoms with Gasteiger partial charge in [-0.1, -0.05) is 0 Å². The van der Waals surface area contributed by atoms with Gasteiger partial charge in [-0.2, -0.15) is 0 Å². The van der Waals surface area contributed by atoms with Crippen LogP contribution in [0.4, 0.5) is 0 Å². The summed E-state index contributed by atoms with van der Waals surface area (Å²) in [5, 5.41) is 0. The molecular formula is C7H9Cl2Hf. The molecule has 0 bridgehead atoms. The van der Waals surface area contributed by atoms with Gasteiger partial charge in [0.1, 0.15) is 0 Å². The van der Waals surface area contributed by atoms with Crippen molar-refractivity contribution in [3.63, 3.8) is 0 Å². The van der Waals surface area contributed by atoms with Gasteiger partial charge >= 0.3 is 65.2 Å². The average molecular weight is 343 g/mol. The van der Waals surface area contributed by atoms with Crippen molar-refractivity contribution < 1.29 is 49.2 Å². The van der Waals surface area contributed by atoms with Crippen LogP contribution in [0.3, 0.4) is 0 Å². The maximum Gasteiger partial charge on any atom is -1.00 e. The molecule has 0 aromatic heterocycles. The Kier molecular flexibility index (Phi) is 8.96. The molecule has 0 spiro atoms. The van der Waals surface area contributed by atoms with Crippen LogP contribution in [0, 0.1) is 0 Å². The molecule has 0 saturated carbocycles. The van der Waals surface area contributed by atoms with Crippen LogP contribution in [0.2, 0.25) is 0 Å². The molecule has 0 aromatic rings. The van der Waals surface area contributed by atoms with Crippen LogP contribution in [0.1, 0.15) is 19.8 Å². The van der Waals surface area contributed by atoms with Crippen molar-refractivity contribution in [3.8, 4) is 0 Å². The first kappa shape index (κ1) is 13.5. The first-order valence-corrected chi connectivity index (χ1v) is 4.74. The first-order valence-electron chi connectivity index (χ1n) is 2.94. The molecule has 1 aliphatic carbocycles. The Morgan fingerprint density at radius 3 is 2.30 bits per heavy atom. The van der Waals surface area contributed by atoms with E-state index in [1.807, 2.05) is 0 Å². The van der Waals surface area contributed by atoms with E-state index in [0.29, 0.717) is 0 Å². The largest absolute Gasteiger partial charge is 1.00 e. The first-order chi connectivity index (χ1) is 3.84.